The molecule has 48 heavy (non-hydrogen) atoms. The number of nitrogens with zero attached hydrogens (tertiary/aromatic N) is 2. The molecule has 256 valence electrons. The third-order valence-electron chi connectivity index (χ3n) is 7.65. The van der Waals surface area contributed by atoms with Gasteiger partial charge >= 0.3 is 12.2 Å². The van der Waals surface area contributed by atoms with Gasteiger partial charge in [-0.3, -0.25) is 9.80 Å². The van der Waals surface area contributed by atoms with Gasteiger partial charge in [0.15, 0.2) is 5.13 Å². The third kappa shape index (κ3) is 8.26. The van der Waals surface area contributed by atoms with Gasteiger partial charge in [0.25, 0.3) is 0 Å². The Morgan fingerprint density at radius 2 is 1.10 bits per heavy atom. The number of thiophene rings is 2. The second kappa shape index (κ2) is 14.2. The molecule has 4 aromatic rings. The second-order valence-corrected chi connectivity index (χ2v) is 17.2. The van der Waals surface area contributed by atoms with E-state index in [2.05, 4.69) is 15.9 Å². The van der Waals surface area contributed by atoms with Crippen molar-refractivity contribution in [3.63, 3.8) is 0 Å². The van der Waals surface area contributed by atoms with Crippen LogP contribution in [0.25, 0.3) is 0 Å². The molecular formula is C36H38BrF3N2O4S2. The van der Waals surface area contributed by atoms with E-state index in [0.717, 1.165) is 32.0 Å². The van der Waals surface area contributed by atoms with Crippen LogP contribution in [0.4, 0.5) is 22.8 Å². The Balaban J connectivity index is 0.000000188. The van der Waals surface area contributed by atoms with Crippen molar-refractivity contribution in [2.75, 3.05) is 13.1 Å². The summed E-state index contributed by atoms with van der Waals surface area (Å²) >= 11 is 6.20. The van der Waals surface area contributed by atoms with E-state index in [9.17, 15) is 22.8 Å². The fourth-order valence-electron chi connectivity index (χ4n) is 5.81. The molecule has 0 saturated carbocycles. The summed E-state index contributed by atoms with van der Waals surface area (Å²) in [6.07, 6.45) is 0.348. The van der Waals surface area contributed by atoms with E-state index in [1.54, 1.807) is 73.4 Å². The van der Waals surface area contributed by atoms with Crippen LogP contribution in [-0.4, -0.2) is 46.3 Å². The van der Waals surface area contributed by atoms with Crippen LogP contribution in [0.5, 0.6) is 0 Å². The molecule has 6 rings (SSSR count). The Hall–Kier alpha value is -3.35. The zero-order chi connectivity index (χ0) is 35.0. The minimum absolute atomic E-state index is 0.314. The molecule has 2 amide bonds. The van der Waals surface area contributed by atoms with Crippen LogP contribution in [0.3, 0.4) is 0 Å². The number of fused-ring (bicyclic) bond motifs is 2. The summed E-state index contributed by atoms with van der Waals surface area (Å²) in [5, 5.41) is -0.327. The molecule has 12 heteroatoms. The molecule has 6 nitrogen and oxygen atoms in total. The van der Waals surface area contributed by atoms with Crippen LogP contribution in [0.2, 0.25) is 0 Å². The van der Waals surface area contributed by atoms with E-state index >= 15 is 0 Å². The number of benzene rings is 2. The molecule has 2 aliphatic heterocycles. The van der Waals surface area contributed by atoms with E-state index in [1.807, 2.05) is 26.8 Å². The Morgan fingerprint density at radius 1 is 0.688 bits per heavy atom. The van der Waals surface area contributed by atoms with Crippen LogP contribution in [0.1, 0.15) is 85.6 Å². The SMILES string of the molecule is CC(C)(C)OC(=O)N1CCc2sc(Br)cc2C1c1ccccc1F.CC(C)(C)OC(=O)N1CCc2sc(F)cc2C1c1ccccc1F. The van der Waals surface area contributed by atoms with Crippen LogP contribution in [0, 0.1) is 16.8 Å². The summed E-state index contributed by atoms with van der Waals surface area (Å²) < 4.78 is 54.6. The molecule has 2 aliphatic rings. The van der Waals surface area contributed by atoms with Gasteiger partial charge < -0.3 is 9.47 Å². The lowest BCUT2D eigenvalue weighted by Crippen LogP contribution is -2.43. The number of rotatable bonds is 2. The maximum atomic E-state index is 14.5. The highest BCUT2D eigenvalue weighted by Gasteiger charge is 2.38. The summed E-state index contributed by atoms with van der Waals surface area (Å²) in [6.45, 7) is 11.7. The molecule has 0 bridgehead atoms. The van der Waals surface area contributed by atoms with Crippen LogP contribution < -0.4 is 0 Å². The molecule has 0 saturated heterocycles. The van der Waals surface area contributed by atoms with Crippen molar-refractivity contribution in [3.05, 3.63) is 113 Å². The van der Waals surface area contributed by atoms with Gasteiger partial charge in [0.1, 0.15) is 22.8 Å². The van der Waals surface area contributed by atoms with Gasteiger partial charge in [-0.2, -0.15) is 4.39 Å². The lowest BCUT2D eigenvalue weighted by molar-refractivity contribution is 0.0167. The molecular weight excluding hydrogens is 725 g/mol. The van der Waals surface area contributed by atoms with E-state index < -0.39 is 41.3 Å². The maximum Gasteiger partial charge on any atom is 0.411 e. The fourth-order valence-corrected chi connectivity index (χ4v) is 8.45. The Bertz CT molecular complexity index is 1670. The maximum absolute atomic E-state index is 14.5. The lowest BCUT2D eigenvalue weighted by atomic mass is 9.93. The normalized spacial score (nSPS) is 17.5. The zero-order valence-electron chi connectivity index (χ0n) is 27.6. The van der Waals surface area contributed by atoms with Crippen molar-refractivity contribution >= 4 is 50.8 Å². The van der Waals surface area contributed by atoms with Crippen molar-refractivity contribution in [3.8, 4) is 0 Å². The first-order valence-corrected chi connectivity index (χ1v) is 18.0. The van der Waals surface area contributed by atoms with Crippen molar-refractivity contribution in [1.82, 2.24) is 9.80 Å². The highest BCUT2D eigenvalue weighted by Crippen LogP contribution is 2.43. The first kappa shape index (κ1) is 35.9. The molecule has 2 atom stereocenters. The Kier molecular flexibility index (Phi) is 10.7. The molecule has 0 aliphatic carbocycles. The predicted octanol–water partition coefficient (Wildman–Crippen LogP) is 10.4. The summed E-state index contributed by atoms with van der Waals surface area (Å²) in [5.74, 6) is -0.734. The number of hydrogen-bond acceptors (Lipinski definition) is 6. The van der Waals surface area contributed by atoms with Gasteiger partial charge in [-0.25, -0.2) is 18.4 Å². The molecule has 0 radical (unpaired) electrons. The molecule has 2 aromatic carbocycles. The van der Waals surface area contributed by atoms with Gasteiger partial charge in [0.05, 0.1) is 15.9 Å². The second-order valence-electron chi connectivity index (χ2n) is 13.6. The zero-order valence-corrected chi connectivity index (χ0v) is 30.8. The van der Waals surface area contributed by atoms with E-state index in [-0.39, 0.29) is 10.9 Å². The van der Waals surface area contributed by atoms with Gasteiger partial charge in [0.2, 0.25) is 0 Å². The molecule has 4 heterocycles. The summed E-state index contributed by atoms with van der Waals surface area (Å²) in [6, 6.07) is 15.1. The quantitative estimate of drug-likeness (QED) is 0.204. The number of hydrogen-bond donors (Lipinski definition) is 0. The number of halogens is 4. The standard InChI is InChI=1S/C18H19BrFNO2S.C18H19F2NO2S/c1-18(2,3)23-17(22)21-9-8-14-12(10-15(19)24-14)16(21)11-6-4-5-7-13(11)20;1-18(2,3)23-17(22)21-9-8-14-12(10-15(20)24-14)16(21)11-6-4-5-7-13(11)19/h2*4-7,10,16H,8-9H2,1-3H3. The average molecular weight is 764 g/mol. The van der Waals surface area contributed by atoms with Gasteiger partial charge in [-0.15, -0.1) is 22.7 Å². The first-order valence-electron chi connectivity index (χ1n) is 15.6. The van der Waals surface area contributed by atoms with Crippen LogP contribution >= 0.6 is 38.6 Å². The average Bonchev–Trinajstić information content (AvgIpc) is 3.56. The smallest absolute Gasteiger partial charge is 0.411 e. The van der Waals surface area contributed by atoms with Crippen LogP contribution in [0.15, 0.2) is 64.5 Å². The Morgan fingerprint density at radius 3 is 1.54 bits per heavy atom. The monoisotopic (exact) mass is 762 g/mol. The molecule has 0 fully saturated rings. The van der Waals surface area contributed by atoms with Crippen LogP contribution in [-0.2, 0) is 22.3 Å². The molecule has 0 N–H and O–H groups in total. The number of amides is 2. The number of ether oxygens (including phenoxy) is 2. The van der Waals surface area contributed by atoms with E-state index in [4.69, 9.17) is 9.47 Å². The minimum atomic E-state index is -0.675. The summed E-state index contributed by atoms with van der Waals surface area (Å²) in [4.78, 5) is 30.5. The van der Waals surface area contributed by atoms with Gasteiger partial charge in [-0.1, -0.05) is 36.4 Å². The molecule has 2 unspecified atom stereocenters. The first-order chi connectivity index (χ1) is 22.5. The van der Waals surface area contributed by atoms with Gasteiger partial charge in [-0.05, 0) is 99.3 Å². The highest BCUT2D eigenvalue weighted by molar-refractivity contribution is 9.11. The molecule has 0 spiro atoms. The number of carbonyl (C=O) groups excluding carboxylic acids is 2. The summed E-state index contributed by atoms with van der Waals surface area (Å²) in [7, 11) is 0. The number of carbonyl (C=O) groups is 2. The predicted molar refractivity (Wildman–Crippen MR) is 186 cm³/mol. The highest BCUT2D eigenvalue weighted by atomic mass is 79.9. The van der Waals surface area contributed by atoms with Crippen molar-refractivity contribution in [2.24, 2.45) is 0 Å². The minimum Gasteiger partial charge on any atom is -0.444 e. The summed E-state index contributed by atoms with van der Waals surface area (Å²) in [5.41, 5.74) is 1.20. The Labute approximate surface area is 295 Å². The van der Waals surface area contributed by atoms with E-state index in [1.165, 1.54) is 28.0 Å². The molecule has 2 aromatic heterocycles. The lowest BCUT2D eigenvalue weighted by Gasteiger charge is -2.37. The van der Waals surface area contributed by atoms with E-state index in [0.29, 0.717) is 36.2 Å². The van der Waals surface area contributed by atoms with Crippen molar-refractivity contribution < 1.29 is 32.2 Å². The van der Waals surface area contributed by atoms with Gasteiger partial charge in [0, 0.05) is 40.4 Å². The van der Waals surface area contributed by atoms with Crippen molar-refractivity contribution in [2.45, 2.75) is 77.7 Å². The third-order valence-corrected chi connectivity index (χ3v) is 10.4. The largest absolute Gasteiger partial charge is 0.444 e. The fraction of sp³-hybridized carbons (Fsp3) is 0.389. The van der Waals surface area contributed by atoms with Crippen molar-refractivity contribution in [1.29, 1.82) is 0 Å². The topological polar surface area (TPSA) is 59.1 Å².